The van der Waals surface area contributed by atoms with Crippen LogP contribution in [-0.2, 0) is 4.74 Å². The molecular formula is C11H12ClF2NO4. The molecule has 0 aliphatic carbocycles. The molecule has 8 heteroatoms. The second kappa shape index (κ2) is 5.48. The van der Waals surface area contributed by atoms with E-state index in [4.69, 9.17) is 4.74 Å². The normalized spacial score (nSPS) is 20.8. The summed E-state index contributed by atoms with van der Waals surface area (Å²) in [5.41, 5.74) is 0.0787. The summed E-state index contributed by atoms with van der Waals surface area (Å²) in [5.74, 6) is -3.35. The molecule has 1 fully saturated rings. The number of nitrogens with one attached hydrogen (secondary N) is 1. The zero-order valence-electron chi connectivity index (χ0n) is 9.85. The van der Waals surface area contributed by atoms with Crippen molar-refractivity contribution in [2.75, 3.05) is 13.7 Å². The number of ether oxygens (including phenoxy) is 2. The van der Waals surface area contributed by atoms with E-state index in [1.807, 2.05) is 5.32 Å². The average molecular weight is 296 g/mol. The fourth-order valence-electron chi connectivity index (χ4n) is 1.72. The van der Waals surface area contributed by atoms with Crippen LogP contribution in [-0.4, -0.2) is 30.8 Å². The van der Waals surface area contributed by atoms with Gasteiger partial charge in [-0.2, -0.15) is 0 Å². The monoisotopic (exact) mass is 295 g/mol. The van der Waals surface area contributed by atoms with Gasteiger partial charge in [0.25, 0.3) is 0 Å². The standard InChI is InChI=1S/C11H11F2NO4.ClH/c1-17-8-3-2-6(4-7(8)15)9-11(12,13)5-18-10(16)14-9;/h2-4,9,15H,5H2,1H3,(H,14,16);1H/t9-;/m1./s1. The Bertz CT molecular complexity index is 484. The number of hydrogen-bond acceptors (Lipinski definition) is 4. The van der Waals surface area contributed by atoms with Gasteiger partial charge in [0.2, 0.25) is 0 Å². The van der Waals surface area contributed by atoms with Gasteiger partial charge >= 0.3 is 12.0 Å². The molecule has 2 rings (SSSR count). The van der Waals surface area contributed by atoms with Crippen LogP contribution >= 0.6 is 12.4 Å². The molecule has 106 valence electrons. The van der Waals surface area contributed by atoms with E-state index < -0.39 is 24.7 Å². The third-order valence-electron chi connectivity index (χ3n) is 2.62. The zero-order chi connectivity index (χ0) is 13.3. The third-order valence-corrected chi connectivity index (χ3v) is 2.62. The molecule has 1 amide bonds. The van der Waals surface area contributed by atoms with Crippen molar-refractivity contribution < 1.29 is 28.2 Å². The van der Waals surface area contributed by atoms with Crippen molar-refractivity contribution in [1.29, 1.82) is 0 Å². The SMILES string of the molecule is COc1ccc([C@H]2NC(=O)OCC2(F)F)cc1O.Cl. The maximum atomic E-state index is 13.6. The fraction of sp³-hybridized carbons (Fsp3) is 0.364. The van der Waals surface area contributed by atoms with E-state index in [1.54, 1.807) is 0 Å². The minimum absolute atomic E-state index is 0. The molecular weight excluding hydrogens is 284 g/mol. The summed E-state index contributed by atoms with van der Waals surface area (Å²) >= 11 is 0. The predicted octanol–water partition coefficient (Wildman–Crippen LogP) is 2.24. The Morgan fingerprint density at radius 1 is 1.53 bits per heavy atom. The number of carbonyl (C=O) groups excluding carboxylic acids is 1. The minimum atomic E-state index is -3.24. The van der Waals surface area contributed by atoms with Gasteiger partial charge in [0.1, 0.15) is 6.04 Å². The van der Waals surface area contributed by atoms with Crippen LogP contribution in [0.2, 0.25) is 0 Å². The van der Waals surface area contributed by atoms with Crippen molar-refractivity contribution in [1.82, 2.24) is 5.32 Å². The molecule has 1 aromatic rings. The Labute approximate surface area is 113 Å². The summed E-state index contributed by atoms with van der Waals surface area (Å²) in [6, 6.07) is 2.30. The molecule has 2 N–H and O–H groups in total. The topological polar surface area (TPSA) is 67.8 Å². The molecule has 0 saturated carbocycles. The molecule has 1 saturated heterocycles. The van der Waals surface area contributed by atoms with E-state index in [0.29, 0.717) is 0 Å². The van der Waals surface area contributed by atoms with Crippen molar-refractivity contribution in [3.05, 3.63) is 23.8 Å². The number of benzene rings is 1. The van der Waals surface area contributed by atoms with Crippen LogP contribution < -0.4 is 10.1 Å². The maximum absolute atomic E-state index is 13.6. The highest BCUT2D eigenvalue weighted by molar-refractivity contribution is 5.85. The highest BCUT2D eigenvalue weighted by atomic mass is 35.5. The third kappa shape index (κ3) is 2.98. The largest absolute Gasteiger partial charge is 0.504 e. The van der Waals surface area contributed by atoms with Gasteiger partial charge in [0, 0.05) is 0 Å². The number of phenols is 1. The zero-order valence-corrected chi connectivity index (χ0v) is 10.7. The molecule has 1 atom stereocenters. The van der Waals surface area contributed by atoms with E-state index in [-0.39, 0.29) is 29.5 Å². The second-order valence-corrected chi connectivity index (χ2v) is 3.85. The first-order valence-electron chi connectivity index (χ1n) is 5.12. The Kier molecular flexibility index (Phi) is 4.41. The van der Waals surface area contributed by atoms with Gasteiger partial charge in [0.05, 0.1) is 7.11 Å². The molecule has 0 spiro atoms. The van der Waals surface area contributed by atoms with Crippen LogP contribution in [0.1, 0.15) is 11.6 Å². The molecule has 19 heavy (non-hydrogen) atoms. The van der Waals surface area contributed by atoms with Gasteiger partial charge in [-0.1, -0.05) is 6.07 Å². The molecule has 5 nitrogen and oxygen atoms in total. The van der Waals surface area contributed by atoms with Crippen LogP contribution in [0.5, 0.6) is 11.5 Å². The van der Waals surface area contributed by atoms with E-state index in [9.17, 15) is 18.7 Å². The van der Waals surface area contributed by atoms with Gasteiger partial charge in [-0.15, -0.1) is 12.4 Å². The van der Waals surface area contributed by atoms with Crippen molar-refractivity contribution >= 4 is 18.5 Å². The van der Waals surface area contributed by atoms with Crippen molar-refractivity contribution in [2.24, 2.45) is 0 Å². The molecule has 0 aromatic heterocycles. The lowest BCUT2D eigenvalue weighted by Gasteiger charge is -2.31. The van der Waals surface area contributed by atoms with Gasteiger partial charge in [-0.3, -0.25) is 0 Å². The summed E-state index contributed by atoms with van der Waals surface area (Å²) in [5, 5.41) is 11.6. The van der Waals surface area contributed by atoms with Crippen molar-refractivity contribution in [2.45, 2.75) is 12.0 Å². The predicted molar refractivity (Wildman–Crippen MR) is 64.1 cm³/mol. The number of halogens is 3. The number of phenolic OH excluding ortho intramolecular Hbond substituents is 1. The smallest absolute Gasteiger partial charge is 0.408 e. The van der Waals surface area contributed by atoms with Crippen LogP contribution in [0.3, 0.4) is 0 Å². The molecule has 0 unspecified atom stereocenters. The Hall–Kier alpha value is -1.76. The molecule has 1 aromatic carbocycles. The number of alkyl halides is 2. The summed E-state index contributed by atoms with van der Waals surface area (Å²) in [4.78, 5) is 11.0. The summed E-state index contributed by atoms with van der Waals surface area (Å²) in [6.45, 7) is -0.990. The second-order valence-electron chi connectivity index (χ2n) is 3.85. The Balaban J connectivity index is 0.00000180. The number of amides is 1. The van der Waals surface area contributed by atoms with Crippen LogP contribution in [0, 0.1) is 0 Å². The highest BCUT2D eigenvalue weighted by Gasteiger charge is 2.46. The van der Waals surface area contributed by atoms with Crippen molar-refractivity contribution in [3.8, 4) is 11.5 Å². The van der Waals surface area contributed by atoms with Crippen LogP contribution in [0.25, 0.3) is 0 Å². The lowest BCUT2D eigenvalue weighted by atomic mass is 9.99. The number of carbonyl (C=O) groups is 1. The molecule has 1 aliphatic rings. The fourth-order valence-corrected chi connectivity index (χ4v) is 1.72. The van der Waals surface area contributed by atoms with Crippen LogP contribution in [0.4, 0.5) is 13.6 Å². The van der Waals surface area contributed by atoms with E-state index >= 15 is 0 Å². The number of cyclic esters (lactones) is 1. The number of rotatable bonds is 2. The first-order chi connectivity index (χ1) is 8.44. The van der Waals surface area contributed by atoms with E-state index in [1.165, 1.54) is 19.2 Å². The summed E-state index contributed by atoms with van der Waals surface area (Å²) in [6.07, 6.45) is -0.916. The first kappa shape index (κ1) is 15.3. The minimum Gasteiger partial charge on any atom is -0.504 e. The number of methoxy groups -OCH3 is 1. The van der Waals surface area contributed by atoms with Crippen molar-refractivity contribution in [3.63, 3.8) is 0 Å². The van der Waals surface area contributed by atoms with Gasteiger partial charge in [-0.25, -0.2) is 13.6 Å². The van der Waals surface area contributed by atoms with Gasteiger partial charge < -0.3 is 19.9 Å². The summed E-state index contributed by atoms with van der Waals surface area (Å²) in [7, 11) is 1.35. The van der Waals surface area contributed by atoms with E-state index in [2.05, 4.69) is 4.74 Å². The lowest BCUT2D eigenvalue weighted by Crippen LogP contribution is -2.49. The molecule has 1 aliphatic heterocycles. The summed E-state index contributed by atoms with van der Waals surface area (Å²) < 4.78 is 36.2. The molecule has 0 bridgehead atoms. The lowest BCUT2D eigenvalue weighted by molar-refractivity contribution is -0.104. The van der Waals surface area contributed by atoms with Gasteiger partial charge in [-0.05, 0) is 17.7 Å². The highest BCUT2D eigenvalue weighted by Crippen LogP contribution is 2.37. The van der Waals surface area contributed by atoms with Gasteiger partial charge in [0.15, 0.2) is 18.1 Å². The quantitative estimate of drug-likeness (QED) is 0.878. The molecule has 0 radical (unpaired) electrons. The molecule has 1 heterocycles. The number of alkyl carbamates (subject to hydrolysis) is 1. The first-order valence-corrected chi connectivity index (χ1v) is 5.12. The Morgan fingerprint density at radius 3 is 2.79 bits per heavy atom. The van der Waals surface area contributed by atoms with E-state index in [0.717, 1.165) is 6.07 Å². The average Bonchev–Trinajstić information content (AvgIpc) is 2.32. The number of aromatic hydroxyl groups is 1. The number of hydrogen-bond donors (Lipinski definition) is 2. The maximum Gasteiger partial charge on any atom is 0.408 e. The Morgan fingerprint density at radius 2 is 2.21 bits per heavy atom. The van der Waals surface area contributed by atoms with Crippen LogP contribution in [0.15, 0.2) is 18.2 Å².